The maximum absolute atomic E-state index is 12.0. The zero-order chi connectivity index (χ0) is 13.8. The van der Waals surface area contributed by atoms with E-state index in [0.717, 1.165) is 18.7 Å². The summed E-state index contributed by atoms with van der Waals surface area (Å²) in [4.78, 5) is 13.8. The average Bonchev–Trinajstić information content (AvgIpc) is 2.36. The van der Waals surface area contributed by atoms with Crippen LogP contribution in [-0.2, 0) is 11.3 Å². The van der Waals surface area contributed by atoms with E-state index in [0.29, 0.717) is 18.0 Å². The number of carbonyl (C=O) groups is 1. The lowest BCUT2D eigenvalue weighted by molar-refractivity contribution is -0.136. The summed E-state index contributed by atoms with van der Waals surface area (Å²) in [6, 6.07) is 5.71. The summed E-state index contributed by atoms with van der Waals surface area (Å²) in [5, 5.41) is 3.11. The van der Waals surface area contributed by atoms with Crippen molar-refractivity contribution in [1.29, 1.82) is 0 Å². The molecular formula is C14H20N2O3. The van der Waals surface area contributed by atoms with Crippen molar-refractivity contribution < 1.29 is 14.3 Å². The van der Waals surface area contributed by atoms with E-state index in [4.69, 9.17) is 9.47 Å². The van der Waals surface area contributed by atoms with E-state index in [-0.39, 0.29) is 11.8 Å². The van der Waals surface area contributed by atoms with Crippen LogP contribution in [0.25, 0.3) is 0 Å². The number of hydrogen-bond acceptors (Lipinski definition) is 4. The van der Waals surface area contributed by atoms with Crippen LogP contribution in [0.2, 0.25) is 0 Å². The summed E-state index contributed by atoms with van der Waals surface area (Å²) in [5.41, 5.74) is 1.03. The third kappa shape index (κ3) is 2.98. The van der Waals surface area contributed by atoms with Gasteiger partial charge >= 0.3 is 0 Å². The summed E-state index contributed by atoms with van der Waals surface area (Å²) in [6.45, 7) is 2.15. The van der Waals surface area contributed by atoms with Gasteiger partial charge in [-0.1, -0.05) is 6.07 Å². The van der Waals surface area contributed by atoms with Crippen LogP contribution in [0, 0.1) is 5.92 Å². The molecule has 1 heterocycles. The van der Waals surface area contributed by atoms with Gasteiger partial charge in [0.2, 0.25) is 5.91 Å². The molecule has 0 bridgehead atoms. The highest BCUT2D eigenvalue weighted by Gasteiger charge is 2.27. The van der Waals surface area contributed by atoms with Gasteiger partial charge in [-0.15, -0.1) is 0 Å². The Morgan fingerprint density at radius 1 is 1.32 bits per heavy atom. The molecule has 1 aromatic rings. The minimum Gasteiger partial charge on any atom is -0.493 e. The van der Waals surface area contributed by atoms with Gasteiger partial charge in [0.25, 0.3) is 0 Å². The smallest absolute Gasteiger partial charge is 0.228 e. The highest BCUT2D eigenvalue weighted by Crippen LogP contribution is 2.28. The molecule has 0 unspecified atom stereocenters. The van der Waals surface area contributed by atoms with Crippen molar-refractivity contribution in [1.82, 2.24) is 10.2 Å². The van der Waals surface area contributed by atoms with Gasteiger partial charge in [-0.3, -0.25) is 4.79 Å². The van der Waals surface area contributed by atoms with Crippen LogP contribution in [0.1, 0.15) is 5.56 Å². The molecule has 0 radical (unpaired) electrons. The number of nitrogens with one attached hydrogen (secondary N) is 1. The second-order valence-electron chi connectivity index (χ2n) is 4.74. The molecule has 5 heteroatoms. The van der Waals surface area contributed by atoms with Crippen LogP contribution >= 0.6 is 0 Å². The fraction of sp³-hybridized carbons (Fsp3) is 0.500. The summed E-state index contributed by atoms with van der Waals surface area (Å²) in [6.07, 6.45) is 0. The molecule has 1 aliphatic heterocycles. The van der Waals surface area contributed by atoms with Crippen molar-refractivity contribution in [3.63, 3.8) is 0 Å². The lowest BCUT2D eigenvalue weighted by Gasteiger charge is -2.30. The number of hydrogen-bond donors (Lipinski definition) is 1. The van der Waals surface area contributed by atoms with Crippen molar-refractivity contribution >= 4 is 5.91 Å². The average molecular weight is 264 g/mol. The van der Waals surface area contributed by atoms with E-state index in [2.05, 4.69) is 5.32 Å². The Morgan fingerprint density at radius 2 is 2.00 bits per heavy atom. The Labute approximate surface area is 113 Å². The quantitative estimate of drug-likeness (QED) is 0.858. The molecule has 0 spiro atoms. The molecule has 104 valence electrons. The SMILES string of the molecule is COc1ccc(CN(C)C(=O)C2CNC2)cc1OC. The van der Waals surface area contributed by atoms with Crippen molar-refractivity contribution in [2.24, 2.45) is 5.92 Å². The van der Waals surface area contributed by atoms with Gasteiger partial charge < -0.3 is 19.7 Å². The van der Waals surface area contributed by atoms with Crippen molar-refractivity contribution in [3.05, 3.63) is 23.8 Å². The third-order valence-corrected chi connectivity index (χ3v) is 3.37. The van der Waals surface area contributed by atoms with E-state index < -0.39 is 0 Å². The van der Waals surface area contributed by atoms with Gasteiger partial charge in [0.1, 0.15) is 0 Å². The van der Waals surface area contributed by atoms with Gasteiger partial charge in [-0.25, -0.2) is 0 Å². The fourth-order valence-corrected chi connectivity index (χ4v) is 2.11. The maximum Gasteiger partial charge on any atom is 0.228 e. The molecule has 1 aliphatic rings. The Morgan fingerprint density at radius 3 is 2.53 bits per heavy atom. The Balaban J connectivity index is 2.03. The minimum atomic E-state index is 0.130. The number of ether oxygens (including phenoxy) is 2. The highest BCUT2D eigenvalue weighted by molar-refractivity contribution is 5.80. The van der Waals surface area contributed by atoms with E-state index >= 15 is 0 Å². The first-order valence-electron chi connectivity index (χ1n) is 6.32. The van der Waals surface area contributed by atoms with Crippen LogP contribution < -0.4 is 14.8 Å². The molecule has 1 aromatic carbocycles. The third-order valence-electron chi connectivity index (χ3n) is 3.37. The van der Waals surface area contributed by atoms with Crippen molar-refractivity contribution in [2.75, 3.05) is 34.4 Å². The zero-order valence-corrected chi connectivity index (χ0v) is 11.6. The molecule has 2 rings (SSSR count). The van der Waals surface area contributed by atoms with Crippen molar-refractivity contribution in [2.45, 2.75) is 6.54 Å². The number of nitrogens with zero attached hydrogens (tertiary/aromatic N) is 1. The first-order chi connectivity index (χ1) is 9.15. The van der Waals surface area contributed by atoms with Crippen LogP contribution in [0.3, 0.4) is 0 Å². The molecule has 0 aromatic heterocycles. The monoisotopic (exact) mass is 264 g/mol. The van der Waals surface area contributed by atoms with Gasteiger partial charge in [-0.05, 0) is 17.7 Å². The molecule has 5 nitrogen and oxygen atoms in total. The molecule has 0 saturated carbocycles. The summed E-state index contributed by atoms with van der Waals surface area (Å²) in [5.74, 6) is 1.70. The normalized spacial score (nSPS) is 14.7. The number of benzene rings is 1. The molecule has 1 saturated heterocycles. The number of rotatable bonds is 5. The predicted octanol–water partition coefficient (Wildman–Crippen LogP) is 0.882. The van der Waals surface area contributed by atoms with Crippen LogP contribution in [0.4, 0.5) is 0 Å². The molecule has 0 atom stereocenters. The van der Waals surface area contributed by atoms with Gasteiger partial charge in [0.05, 0.1) is 20.1 Å². The molecule has 19 heavy (non-hydrogen) atoms. The Kier molecular flexibility index (Phi) is 4.27. The Bertz CT molecular complexity index is 458. The topological polar surface area (TPSA) is 50.8 Å². The van der Waals surface area contributed by atoms with E-state index in [1.165, 1.54) is 0 Å². The molecule has 1 fully saturated rings. The maximum atomic E-state index is 12.0. The first kappa shape index (κ1) is 13.7. The zero-order valence-electron chi connectivity index (χ0n) is 11.6. The highest BCUT2D eigenvalue weighted by atomic mass is 16.5. The van der Waals surface area contributed by atoms with Crippen LogP contribution in [0.5, 0.6) is 11.5 Å². The van der Waals surface area contributed by atoms with E-state index in [9.17, 15) is 4.79 Å². The molecule has 1 amide bonds. The number of methoxy groups -OCH3 is 2. The summed E-state index contributed by atoms with van der Waals surface area (Å²) < 4.78 is 10.5. The van der Waals surface area contributed by atoms with Gasteiger partial charge in [0.15, 0.2) is 11.5 Å². The van der Waals surface area contributed by atoms with Crippen molar-refractivity contribution in [3.8, 4) is 11.5 Å². The molecule has 0 aliphatic carbocycles. The van der Waals surface area contributed by atoms with E-state index in [1.807, 2.05) is 25.2 Å². The predicted molar refractivity (Wildman–Crippen MR) is 72.4 cm³/mol. The lowest BCUT2D eigenvalue weighted by atomic mass is 10.0. The van der Waals surface area contributed by atoms with E-state index in [1.54, 1.807) is 19.1 Å². The second kappa shape index (κ2) is 5.93. The molecule has 1 N–H and O–H groups in total. The molecular weight excluding hydrogens is 244 g/mol. The number of amides is 1. The standard InChI is InChI=1S/C14H20N2O3/c1-16(14(17)11-7-15-8-11)9-10-4-5-12(18-2)13(6-10)19-3/h4-6,11,15H,7-9H2,1-3H3. The van der Waals surface area contributed by atoms with Gasteiger partial charge in [-0.2, -0.15) is 0 Å². The fourth-order valence-electron chi connectivity index (χ4n) is 2.11. The van der Waals surface area contributed by atoms with Gasteiger partial charge in [0, 0.05) is 26.7 Å². The van der Waals surface area contributed by atoms with Crippen LogP contribution in [-0.4, -0.2) is 45.2 Å². The lowest BCUT2D eigenvalue weighted by Crippen LogP contribution is -2.50. The van der Waals surface area contributed by atoms with Crippen LogP contribution in [0.15, 0.2) is 18.2 Å². The first-order valence-corrected chi connectivity index (χ1v) is 6.32. The second-order valence-corrected chi connectivity index (χ2v) is 4.74. The summed E-state index contributed by atoms with van der Waals surface area (Å²) >= 11 is 0. The number of carbonyl (C=O) groups excluding carboxylic acids is 1. The minimum absolute atomic E-state index is 0.130. The Hall–Kier alpha value is -1.75. The largest absolute Gasteiger partial charge is 0.493 e. The summed E-state index contributed by atoms with van der Waals surface area (Å²) in [7, 11) is 5.05.